The van der Waals surface area contributed by atoms with Gasteiger partial charge >= 0.3 is 5.97 Å². The maximum Gasteiger partial charge on any atom is 0.305 e. The van der Waals surface area contributed by atoms with E-state index in [9.17, 15) is 9.59 Å². The van der Waals surface area contributed by atoms with E-state index >= 15 is 0 Å². The predicted molar refractivity (Wildman–Crippen MR) is 93.6 cm³/mol. The lowest BCUT2D eigenvalue weighted by molar-refractivity contribution is -0.137. The summed E-state index contributed by atoms with van der Waals surface area (Å²) in [7, 11) is 0. The third-order valence-electron chi connectivity index (χ3n) is 3.93. The van der Waals surface area contributed by atoms with Gasteiger partial charge in [0.1, 0.15) is 0 Å². The van der Waals surface area contributed by atoms with Crippen molar-refractivity contribution in [1.82, 2.24) is 15.0 Å². The van der Waals surface area contributed by atoms with Gasteiger partial charge in [-0.05, 0) is 24.8 Å². The van der Waals surface area contributed by atoms with Gasteiger partial charge in [0.2, 0.25) is 0 Å². The van der Waals surface area contributed by atoms with Crippen molar-refractivity contribution in [3.8, 4) is 0 Å². The van der Waals surface area contributed by atoms with Crippen molar-refractivity contribution >= 4 is 23.0 Å². The van der Waals surface area contributed by atoms with Crippen molar-refractivity contribution in [2.45, 2.75) is 47.0 Å². The van der Waals surface area contributed by atoms with Crippen LogP contribution in [0.25, 0.3) is 11.1 Å². The Morgan fingerprint density at radius 2 is 1.96 bits per heavy atom. The summed E-state index contributed by atoms with van der Waals surface area (Å²) in [4.78, 5) is 30.1. The predicted octanol–water partition coefficient (Wildman–Crippen LogP) is 3.23. The third kappa shape index (κ3) is 4.35. The number of rotatable bonds is 7. The summed E-state index contributed by atoms with van der Waals surface area (Å²) >= 11 is 0. The molecule has 2 heterocycles. The normalized spacial score (nSPS) is 11.5. The molecule has 0 aliphatic heterocycles. The molecule has 0 bridgehead atoms. The van der Waals surface area contributed by atoms with Crippen LogP contribution in [0.2, 0.25) is 0 Å². The van der Waals surface area contributed by atoms with Gasteiger partial charge in [0, 0.05) is 18.8 Å². The van der Waals surface area contributed by atoms with Crippen LogP contribution in [0.3, 0.4) is 0 Å². The van der Waals surface area contributed by atoms with Crippen molar-refractivity contribution in [2.75, 3.05) is 13.1 Å². The van der Waals surface area contributed by atoms with Crippen LogP contribution in [0, 0.1) is 12.8 Å². The third-order valence-corrected chi connectivity index (χ3v) is 3.93. The molecule has 7 heteroatoms. The largest absolute Gasteiger partial charge is 0.481 e. The minimum Gasteiger partial charge on any atom is -0.481 e. The molecular weight excluding hydrogens is 322 g/mol. The smallest absolute Gasteiger partial charge is 0.305 e. The van der Waals surface area contributed by atoms with E-state index < -0.39 is 5.97 Å². The lowest BCUT2D eigenvalue weighted by Gasteiger charge is -2.24. The second-order valence-corrected chi connectivity index (χ2v) is 6.99. The number of aromatic nitrogens is 2. The molecule has 136 valence electrons. The number of aliphatic carboxylic acids is 1. The zero-order valence-electron chi connectivity index (χ0n) is 15.4. The summed E-state index contributed by atoms with van der Waals surface area (Å²) in [5.74, 6) is -0.789. The van der Waals surface area contributed by atoms with Gasteiger partial charge in [0.25, 0.3) is 11.6 Å². The molecule has 1 amide bonds. The fourth-order valence-corrected chi connectivity index (χ4v) is 2.70. The van der Waals surface area contributed by atoms with E-state index in [0.717, 1.165) is 5.69 Å². The van der Waals surface area contributed by atoms with Crippen LogP contribution in [-0.2, 0) is 4.79 Å². The second kappa shape index (κ2) is 7.63. The SMILES string of the molecule is Cc1noc2nc(C(C)C)cc(C(=O)N(CCC(=O)O)CC(C)C)c12. The lowest BCUT2D eigenvalue weighted by Crippen LogP contribution is -2.36. The van der Waals surface area contributed by atoms with Crippen molar-refractivity contribution in [1.29, 1.82) is 0 Å². The van der Waals surface area contributed by atoms with Gasteiger partial charge in [-0.2, -0.15) is 0 Å². The number of hydrogen-bond acceptors (Lipinski definition) is 5. The fraction of sp³-hybridized carbons (Fsp3) is 0.556. The number of carboxylic acid groups (broad SMARTS) is 1. The first-order chi connectivity index (χ1) is 11.7. The van der Waals surface area contributed by atoms with E-state index in [1.165, 1.54) is 0 Å². The van der Waals surface area contributed by atoms with Gasteiger partial charge in [0.15, 0.2) is 0 Å². The van der Waals surface area contributed by atoms with Crippen LogP contribution in [0.5, 0.6) is 0 Å². The Labute approximate surface area is 147 Å². The fourth-order valence-electron chi connectivity index (χ4n) is 2.70. The molecule has 0 saturated carbocycles. The maximum absolute atomic E-state index is 13.2. The van der Waals surface area contributed by atoms with Gasteiger partial charge < -0.3 is 14.5 Å². The van der Waals surface area contributed by atoms with Crippen molar-refractivity contribution in [3.63, 3.8) is 0 Å². The monoisotopic (exact) mass is 347 g/mol. The number of aryl methyl sites for hydroxylation is 1. The van der Waals surface area contributed by atoms with Crippen LogP contribution in [-0.4, -0.2) is 45.1 Å². The van der Waals surface area contributed by atoms with E-state index in [2.05, 4.69) is 10.1 Å². The summed E-state index contributed by atoms with van der Waals surface area (Å²) in [5, 5.41) is 13.5. The molecule has 0 aliphatic rings. The van der Waals surface area contributed by atoms with E-state index in [1.807, 2.05) is 27.7 Å². The molecule has 25 heavy (non-hydrogen) atoms. The van der Waals surface area contributed by atoms with E-state index in [0.29, 0.717) is 28.9 Å². The zero-order valence-corrected chi connectivity index (χ0v) is 15.4. The Morgan fingerprint density at radius 1 is 1.28 bits per heavy atom. The molecule has 2 rings (SSSR count). The molecular formula is C18H25N3O4. The molecule has 2 aromatic rings. The number of carbonyl (C=O) groups is 2. The van der Waals surface area contributed by atoms with Crippen LogP contribution >= 0.6 is 0 Å². The molecule has 0 atom stereocenters. The number of nitrogens with zero attached hydrogens (tertiary/aromatic N) is 3. The number of hydrogen-bond donors (Lipinski definition) is 1. The quantitative estimate of drug-likeness (QED) is 0.826. The Bertz CT molecular complexity index is 780. The minimum absolute atomic E-state index is 0.0909. The number of carbonyl (C=O) groups excluding carboxylic acids is 1. The van der Waals surface area contributed by atoms with Crippen LogP contribution in [0.4, 0.5) is 0 Å². The maximum atomic E-state index is 13.2. The minimum atomic E-state index is -0.926. The van der Waals surface area contributed by atoms with E-state index in [4.69, 9.17) is 9.63 Å². The van der Waals surface area contributed by atoms with Crippen LogP contribution in [0.1, 0.15) is 61.8 Å². The van der Waals surface area contributed by atoms with Gasteiger partial charge in [-0.3, -0.25) is 9.59 Å². The van der Waals surface area contributed by atoms with E-state index in [-0.39, 0.29) is 30.7 Å². The summed E-state index contributed by atoms with van der Waals surface area (Å²) in [5.41, 5.74) is 2.16. The van der Waals surface area contributed by atoms with Gasteiger partial charge in [0.05, 0.1) is 23.1 Å². The Morgan fingerprint density at radius 3 is 2.52 bits per heavy atom. The molecule has 0 unspecified atom stereocenters. The first-order valence-electron chi connectivity index (χ1n) is 8.48. The molecule has 2 aromatic heterocycles. The summed E-state index contributed by atoms with van der Waals surface area (Å²) in [6.45, 7) is 10.4. The summed E-state index contributed by atoms with van der Waals surface area (Å²) in [6, 6.07) is 1.77. The molecule has 0 fully saturated rings. The van der Waals surface area contributed by atoms with Crippen LogP contribution < -0.4 is 0 Å². The Kier molecular flexibility index (Phi) is 5.77. The van der Waals surface area contributed by atoms with Crippen molar-refractivity contribution < 1.29 is 19.2 Å². The van der Waals surface area contributed by atoms with Gasteiger partial charge in [-0.1, -0.05) is 32.9 Å². The highest BCUT2D eigenvalue weighted by Gasteiger charge is 2.24. The summed E-state index contributed by atoms with van der Waals surface area (Å²) in [6.07, 6.45) is -0.0909. The Balaban J connectivity index is 2.50. The highest BCUT2D eigenvalue weighted by molar-refractivity contribution is 6.06. The molecule has 0 spiro atoms. The standard InChI is InChI=1S/C18H25N3O4/c1-10(2)9-21(7-6-15(22)23)18(24)13-8-14(11(3)4)19-17-16(13)12(5)20-25-17/h8,10-11H,6-7,9H2,1-5H3,(H,22,23). The van der Waals surface area contributed by atoms with Crippen molar-refractivity contribution in [3.05, 3.63) is 23.0 Å². The topological polar surface area (TPSA) is 96.5 Å². The molecule has 0 saturated heterocycles. The van der Waals surface area contributed by atoms with Gasteiger partial charge in [-0.15, -0.1) is 0 Å². The van der Waals surface area contributed by atoms with Crippen LogP contribution in [0.15, 0.2) is 10.6 Å². The van der Waals surface area contributed by atoms with Gasteiger partial charge in [-0.25, -0.2) is 4.98 Å². The van der Waals surface area contributed by atoms with Crippen molar-refractivity contribution in [2.24, 2.45) is 5.92 Å². The molecule has 0 radical (unpaired) electrons. The molecule has 7 nitrogen and oxygen atoms in total. The zero-order chi connectivity index (χ0) is 18.7. The summed E-state index contributed by atoms with van der Waals surface area (Å²) < 4.78 is 5.26. The highest BCUT2D eigenvalue weighted by atomic mass is 16.5. The average Bonchev–Trinajstić information content (AvgIpc) is 2.90. The molecule has 0 aliphatic carbocycles. The number of carboxylic acids is 1. The highest BCUT2D eigenvalue weighted by Crippen LogP contribution is 2.26. The average molecular weight is 347 g/mol. The first kappa shape index (κ1) is 18.9. The number of pyridine rings is 1. The van der Waals surface area contributed by atoms with E-state index in [1.54, 1.807) is 17.9 Å². The second-order valence-electron chi connectivity index (χ2n) is 6.99. The molecule has 0 aromatic carbocycles. The molecule has 1 N–H and O–H groups in total. The number of fused-ring (bicyclic) bond motifs is 1. The Hall–Kier alpha value is -2.44. The first-order valence-corrected chi connectivity index (χ1v) is 8.48. The number of amides is 1. The lowest BCUT2D eigenvalue weighted by atomic mass is 10.0.